The van der Waals surface area contributed by atoms with Crippen molar-refractivity contribution >= 4 is 22.8 Å². The Kier molecular flexibility index (Phi) is 6.08. The first kappa shape index (κ1) is 22.1. The van der Waals surface area contributed by atoms with Crippen molar-refractivity contribution in [3.8, 4) is 5.75 Å². The number of aryl methyl sites for hydroxylation is 1. The van der Waals surface area contributed by atoms with E-state index in [0.29, 0.717) is 22.8 Å². The fraction of sp³-hybridized carbons (Fsp3) is 0.250. The molecular weight excluding hydrogens is 434 g/mol. The molecule has 32 heavy (non-hydrogen) atoms. The van der Waals surface area contributed by atoms with E-state index in [1.807, 2.05) is 23.8 Å². The van der Waals surface area contributed by atoms with Gasteiger partial charge in [0, 0.05) is 18.0 Å². The summed E-state index contributed by atoms with van der Waals surface area (Å²) in [5.41, 5.74) is 1.28. The van der Waals surface area contributed by atoms with Crippen LogP contribution in [0.1, 0.15) is 40.7 Å². The number of halogens is 2. The number of hydrogen-bond acceptors (Lipinski definition) is 5. The van der Waals surface area contributed by atoms with Crippen molar-refractivity contribution in [1.82, 2.24) is 9.38 Å². The van der Waals surface area contributed by atoms with E-state index in [1.165, 1.54) is 29.5 Å². The second-order valence-electron chi connectivity index (χ2n) is 7.93. The van der Waals surface area contributed by atoms with Crippen LogP contribution in [-0.4, -0.2) is 26.9 Å². The molecule has 0 unspecified atom stereocenters. The van der Waals surface area contributed by atoms with Gasteiger partial charge >= 0.3 is 0 Å². The number of aliphatic hydroxyl groups excluding tert-OH is 1. The number of ketones is 1. The molecule has 0 saturated carbocycles. The summed E-state index contributed by atoms with van der Waals surface area (Å²) in [6.07, 6.45) is 1.79. The minimum atomic E-state index is -0.718. The summed E-state index contributed by atoms with van der Waals surface area (Å²) in [7, 11) is 0. The molecule has 8 heteroatoms. The molecule has 0 fully saturated rings. The maximum Gasteiger partial charge on any atom is 0.182 e. The van der Waals surface area contributed by atoms with Crippen LogP contribution in [0.5, 0.6) is 5.75 Å². The van der Waals surface area contributed by atoms with Crippen LogP contribution >= 0.6 is 11.3 Å². The van der Waals surface area contributed by atoms with Crippen molar-refractivity contribution in [3.63, 3.8) is 0 Å². The third-order valence-electron chi connectivity index (χ3n) is 5.60. The number of benzene rings is 1. The van der Waals surface area contributed by atoms with Crippen molar-refractivity contribution in [2.75, 3.05) is 6.61 Å². The molecule has 1 N–H and O–H groups in total. The van der Waals surface area contributed by atoms with Gasteiger partial charge in [0.05, 0.1) is 17.9 Å². The average molecular weight is 457 g/mol. The summed E-state index contributed by atoms with van der Waals surface area (Å²) < 4.78 is 35.2. The molecule has 5 nitrogen and oxygen atoms in total. The monoisotopic (exact) mass is 456 g/mol. The molecule has 1 aromatic carbocycles. The van der Waals surface area contributed by atoms with Crippen molar-refractivity contribution in [2.24, 2.45) is 0 Å². The van der Waals surface area contributed by atoms with Gasteiger partial charge in [-0.1, -0.05) is 13.0 Å². The number of thiophene rings is 1. The highest BCUT2D eigenvalue weighted by atomic mass is 32.1. The van der Waals surface area contributed by atoms with Gasteiger partial charge in [0.1, 0.15) is 23.9 Å². The number of pyridine rings is 1. The highest BCUT2D eigenvalue weighted by Crippen LogP contribution is 2.32. The van der Waals surface area contributed by atoms with Crippen molar-refractivity contribution in [2.45, 2.75) is 32.3 Å². The molecule has 0 aliphatic heterocycles. The molecule has 0 saturated heterocycles. The molecule has 0 spiro atoms. The van der Waals surface area contributed by atoms with Crippen molar-refractivity contribution < 1.29 is 23.4 Å². The van der Waals surface area contributed by atoms with Crippen LogP contribution in [0.3, 0.4) is 0 Å². The Morgan fingerprint density at radius 1 is 1.22 bits per heavy atom. The van der Waals surface area contributed by atoms with E-state index >= 15 is 0 Å². The van der Waals surface area contributed by atoms with E-state index in [4.69, 9.17) is 4.74 Å². The smallest absolute Gasteiger partial charge is 0.182 e. The maximum absolute atomic E-state index is 13.9. The largest absolute Gasteiger partial charge is 0.485 e. The van der Waals surface area contributed by atoms with Gasteiger partial charge in [-0.25, -0.2) is 13.8 Å². The van der Waals surface area contributed by atoms with Gasteiger partial charge in [-0.15, -0.1) is 0 Å². The second kappa shape index (κ2) is 8.80. The number of aliphatic hydroxyl groups is 1. The lowest BCUT2D eigenvalue weighted by Crippen LogP contribution is -2.30. The predicted octanol–water partition coefficient (Wildman–Crippen LogP) is 5.08. The molecule has 4 aromatic rings. The molecule has 166 valence electrons. The SMILES string of the molecule is Cc1nc2c(OCc3c(F)cccc3F)cccn2c1C(=O)C[C@@](C)(CO)c1ccsc1. The van der Waals surface area contributed by atoms with Gasteiger partial charge in [-0.2, -0.15) is 11.3 Å². The summed E-state index contributed by atoms with van der Waals surface area (Å²) in [6, 6.07) is 8.86. The van der Waals surface area contributed by atoms with Crippen LogP contribution in [0, 0.1) is 18.6 Å². The van der Waals surface area contributed by atoms with Crippen LogP contribution < -0.4 is 4.74 Å². The minimum absolute atomic E-state index is 0.0976. The number of nitrogens with zero attached hydrogens (tertiary/aromatic N) is 2. The van der Waals surface area contributed by atoms with Gasteiger partial charge < -0.3 is 9.84 Å². The Hall–Kier alpha value is -3.10. The molecule has 0 bridgehead atoms. The number of carbonyl (C=O) groups excluding carboxylic acids is 1. The fourth-order valence-corrected chi connectivity index (χ4v) is 4.53. The van der Waals surface area contributed by atoms with E-state index in [2.05, 4.69) is 4.98 Å². The molecule has 3 heterocycles. The van der Waals surface area contributed by atoms with Gasteiger partial charge in [0.2, 0.25) is 0 Å². The number of Topliss-reactive ketones (excluding diaryl/α,β-unsaturated/α-hetero) is 1. The van der Waals surface area contributed by atoms with E-state index in [9.17, 15) is 18.7 Å². The fourth-order valence-electron chi connectivity index (χ4n) is 3.72. The number of hydrogen-bond donors (Lipinski definition) is 1. The summed E-state index contributed by atoms with van der Waals surface area (Å²) in [6.45, 7) is 3.09. The minimum Gasteiger partial charge on any atom is -0.485 e. The lowest BCUT2D eigenvalue weighted by Gasteiger charge is -2.25. The quantitative estimate of drug-likeness (QED) is 0.376. The Morgan fingerprint density at radius 2 is 1.97 bits per heavy atom. The average Bonchev–Trinajstić information content (AvgIpc) is 3.41. The summed E-state index contributed by atoms with van der Waals surface area (Å²) in [5, 5.41) is 13.8. The Labute approximate surface area is 187 Å². The molecular formula is C24H22F2N2O3S. The number of ether oxygens (including phenoxy) is 1. The molecule has 3 aromatic heterocycles. The third kappa shape index (κ3) is 4.03. The van der Waals surface area contributed by atoms with Crippen molar-refractivity contribution in [3.05, 3.63) is 87.5 Å². The molecule has 4 rings (SSSR count). The molecule has 0 radical (unpaired) electrons. The highest BCUT2D eigenvalue weighted by Gasteiger charge is 2.32. The molecule has 0 aliphatic rings. The number of rotatable bonds is 8. The zero-order valence-corrected chi connectivity index (χ0v) is 18.5. The van der Waals surface area contributed by atoms with E-state index < -0.39 is 17.0 Å². The first-order valence-electron chi connectivity index (χ1n) is 10.0. The standard InChI is InChI=1S/C24H22F2N2O3S/c1-15-22(20(30)11-24(2,14-29)16-8-10-32-13-16)28-9-4-7-21(23(28)27-15)31-12-17-18(25)5-3-6-19(17)26/h3-10,13,29H,11-12,14H2,1-2H3/t24-/m0/s1. The maximum atomic E-state index is 13.9. The molecule has 0 amide bonds. The Morgan fingerprint density at radius 3 is 2.62 bits per heavy atom. The van der Waals surface area contributed by atoms with E-state index in [1.54, 1.807) is 29.7 Å². The van der Waals surface area contributed by atoms with Crippen LogP contribution in [-0.2, 0) is 12.0 Å². The van der Waals surface area contributed by atoms with Crippen LogP contribution in [0.4, 0.5) is 8.78 Å². The Balaban J connectivity index is 1.64. The van der Waals surface area contributed by atoms with Gasteiger partial charge in [-0.3, -0.25) is 9.20 Å². The number of fused-ring (bicyclic) bond motifs is 1. The highest BCUT2D eigenvalue weighted by molar-refractivity contribution is 7.08. The van der Waals surface area contributed by atoms with Gasteiger partial charge in [0.15, 0.2) is 17.2 Å². The first-order valence-corrected chi connectivity index (χ1v) is 11.0. The predicted molar refractivity (Wildman–Crippen MR) is 118 cm³/mol. The number of carbonyl (C=O) groups is 1. The van der Waals surface area contributed by atoms with Crippen LogP contribution in [0.25, 0.3) is 5.65 Å². The van der Waals surface area contributed by atoms with Crippen LogP contribution in [0.15, 0.2) is 53.4 Å². The van der Waals surface area contributed by atoms with Gasteiger partial charge in [0.25, 0.3) is 0 Å². The molecule has 0 aliphatic carbocycles. The van der Waals surface area contributed by atoms with Crippen LogP contribution in [0.2, 0.25) is 0 Å². The van der Waals surface area contributed by atoms with E-state index in [0.717, 1.165) is 5.56 Å². The first-order chi connectivity index (χ1) is 15.3. The lowest BCUT2D eigenvalue weighted by molar-refractivity contribution is 0.0912. The number of imidazole rings is 1. The lowest BCUT2D eigenvalue weighted by atomic mass is 9.80. The topological polar surface area (TPSA) is 63.8 Å². The summed E-state index contributed by atoms with van der Waals surface area (Å²) in [5.74, 6) is -1.25. The second-order valence-corrected chi connectivity index (χ2v) is 8.71. The van der Waals surface area contributed by atoms with Gasteiger partial charge in [-0.05, 0) is 53.6 Å². The zero-order chi connectivity index (χ0) is 22.9. The molecule has 1 atom stereocenters. The normalized spacial score (nSPS) is 13.3. The third-order valence-corrected chi connectivity index (χ3v) is 6.29. The zero-order valence-electron chi connectivity index (χ0n) is 17.6. The number of aromatic nitrogens is 2. The Bertz CT molecular complexity index is 1250. The summed E-state index contributed by atoms with van der Waals surface area (Å²) in [4.78, 5) is 17.8. The summed E-state index contributed by atoms with van der Waals surface area (Å²) >= 11 is 1.51. The van der Waals surface area contributed by atoms with E-state index in [-0.39, 0.29) is 31.0 Å². The van der Waals surface area contributed by atoms with Crippen molar-refractivity contribution in [1.29, 1.82) is 0 Å².